The van der Waals surface area contributed by atoms with Gasteiger partial charge < -0.3 is 14.6 Å². The summed E-state index contributed by atoms with van der Waals surface area (Å²) in [4.78, 5) is 11.3. The van der Waals surface area contributed by atoms with Crippen LogP contribution in [0.25, 0.3) is 0 Å². The Balaban J connectivity index is 2.60. The molecule has 1 aromatic rings. The topological polar surface area (TPSA) is 43.3 Å². The van der Waals surface area contributed by atoms with Gasteiger partial charge in [0.1, 0.15) is 6.54 Å². The van der Waals surface area contributed by atoms with Crippen molar-refractivity contribution in [3.63, 3.8) is 0 Å². The van der Waals surface area contributed by atoms with Gasteiger partial charge in [0.25, 0.3) is 0 Å². The second-order valence-electron chi connectivity index (χ2n) is 4.05. The number of nitrogens with one attached hydrogen (secondary N) is 1. The second kappa shape index (κ2) is 7.12. The van der Waals surface area contributed by atoms with E-state index < -0.39 is 0 Å². The standard InChI is InChI=1S/C13H22N2O2/c1-4-6-12(14-3)11-7-8-15(9-11)10-13(16)17-5-2/h7-9,12,14H,4-6,10H2,1-3H3. The van der Waals surface area contributed by atoms with Crippen LogP contribution < -0.4 is 5.32 Å². The van der Waals surface area contributed by atoms with Crippen LogP contribution in [0.2, 0.25) is 0 Å². The van der Waals surface area contributed by atoms with Crippen LogP contribution >= 0.6 is 0 Å². The summed E-state index contributed by atoms with van der Waals surface area (Å²) >= 11 is 0. The summed E-state index contributed by atoms with van der Waals surface area (Å²) in [6.07, 6.45) is 6.16. The lowest BCUT2D eigenvalue weighted by Gasteiger charge is -2.13. The van der Waals surface area contributed by atoms with E-state index in [1.54, 1.807) is 0 Å². The molecule has 17 heavy (non-hydrogen) atoms. The molecule has 0 aliphatic heterocycles. The molecular formula is C13H22N2O2. The molecule has 0 aliphatic rings. The van der Waals surface area contributed by atoms with E-state index in [0.717, 1.165) is 12.8 Å². The molecule has 0 aliphatic carbocycles. The van der Waals surface area contributed by atoms with Crippen LogP contribution in [0, 0.1) is 0 Å². The summed E-state index contributed by atoms with van der Waals surface area (Å²) in [7, 11) is 1.96. The highest BCUT2D eigenvalue weighted by atomic mass is 16.5. The van der Waals surface area contributed by atoms with Crippen LogP contribution in [0.15, 0.2) is 18.5 Å². The van der Waals surface area contributed by atoms with Gasteiger partial charge in [0.2, 0.25) is 0 Å². The summed E-state index contributed by atoms with van der Waals surface area (Å²) in [5, 5.41) is 3.28. The Labute approximate surface area is 103 Å². The van der Waals surface area contributed by atoms with Crippen LogP contribution in [-0.2, 0) is 16.1 Å². The number of aromatic nitrogens is 1. The van der Waals surface area contributed by atoms with Crippen molar-refractivity contribution in [1.29, 1.82) is 0 Å². The van der Waals surface area contributed by atoms with Gasteiger partial charge >= 0.3 is 5.97 Å². The van der Waals surface area contributed by atoms with E-state index in [0.29, 0.717) is 12.6 Å². The van der Waals surface area contributed by atoms with Crippen LogP contribution in [0.5, 0.6) is 0 Å². The van der Waals surface area contributed by atoms with E-state index in [1.165, 1.54) is 5.56 Å². The first-order valence-corrected chi connectivity index (χ1v) is 6.19. The van der Waals surface area contributed by atoms with Crippen molar-refractivity contribution in [2.75, 3.05) is 13.7 Å². The first-order chi connectivity index (χ1) is 8.21. The SMILES string of the molecule is CCCC(NC)c1ccn(CC(=O)OCC)c1. The van der Waals surface area contributed by atoms with Crippen molar-refractivity contribution < 1.29 is 9.53 Å². The lowest BCUT2D eigenvalue weighted by molar-refractivity contribution is -0.143. The number of esters is 1. The zero-order chi connectivity index (χ0) is 12.7. The normalized spacial score (nSPS) is 12.4. The molecule has 1 aromatic heterocycles. The van der Waals surface area contributed by atoms with E-state index in [4.69, 9.17) is 4.74 Å². The molecular weight excluding hydrogens is 216 g/mol. The molecule has 1 N–H and O–H groups in total. The van der Waals surface area contributed by atoms with E-state index in [9.17, 15) is 4.79 Å². The number of ether oxygens (including phenoxy) is 1. The Morgan fingerprint density at radius 1 is 1.53 bits per heavy atom. The Bertz CT molecular complexity index is 347. The van der Waals surface area contributed by atoms with Crippen LogP contribution in [-0.4, -0.2) is 24.2 Å². The molecule has 0 spiro atoms. The molecule has 0 amide bonds. The molecule has 0 aromatic carbocycles. The molecule has 0 radical (unpaired) electrons. The minimum atomic E-state index is -0.189. The molecule has 0 saturated carbocycles. The number of hydrogen-bond acceptors (Lipinski definition) is 3. The highest BCUT2D eigenvalue weighted by molar-refractivity contribution is 5.69. The minimum Gasteiger partial charge on any atom is -0.465 e. The second-order valence-corrected chi connectivity index (χ2v) is 4.05. The number of hydrogen-bond donors (Lipinski definition) is 1. The largest absolute Gasteiger partial charge is 0.465 e. The highest BCUT2D eigenvalue weighted by Crippen LogP contribution is 2.18. The van der Waals surface area contributed by atoms with Crippen molar-refractivity contribution in [3.05, 3.63) is 24.0 Å². The molecule has 4 heteroatoms. The number of rotatable bonds is 7. The molecule has 1 heterocycles. The van der Waals surface area contributed by atoms with Crippen molar-refractivity contribution in [1.82, 2.24) is 9.88 Å². The smallest absolute Gasteiger partial charge is 0.325 e. The van der Waals surface area contributed by atoms with Gasteiger partial charge in [-0.25, -0.2) is 0 Å². The minimum absolute atomic E-state index is 0.189. The first-order valence-electron chi connectivity index (χ1n) is 6.19. The zero-order valence-corrected chi connectivity index (χ0v) is 10.9. The van der Waals surface area contributed by atoms with Gasteiger partial charge in [0, 0.05) is 18.4 Å². The van der Waals surface area contributed by atoms with Gasteiger partial charge in [0.15, 0.2) is 0 Å². The Hall–Kier alpha value is -1.29. The van der Waals surface area contributed by atoms with E-state index >= 15 is 0 Å². The Morgan fingerprint density at radius 3 is 2.88 bits per heavy atom. The van der Waals surface area contributed by atoms with Crippen molar-refractivity contribution in [2.45, 2.75) is 39.3 Å². The van der Waals surface area contributed by atoms with Gasteiger partial charge in [-0.15, -0.1) is 0 Å². The predicted octanol–water partition coefficient (Wildman–Crippen LogP) is 2.11. The summed E-state index contributed by atoms with van der Waals surface area (Å²) in [6.45, 7) is 4.70. The van der Waals surface area contributed by atoms with E-state index in [1.807, 2.05) is 30.9 Å². The van der Waals surface area contributed by atoms with Gasteiger partial charge in [0.05, 0.1) is 6.61 Å². The Kier molecular flexibility index (Phi) is 5.77. The molecule has 1 rings (SSSR count). The number of carbonyl (C=O) groups excluding carboxylic acids is 1. The van der Waals surface area contributed by atoms with Gasteiger partial charge in [-0.2, -0.15) is 0 Å². The lowest BCUT2D eigenvalue weighted by atomic mass is 10.1. The third-order valence-corrected chi connectivity index (χ3v) is 2.72. The summed E-state index contributed by atoms with van der Waals surface area (Å²) in [6, 6.07) is 2.42. The Morgan fingerprint density at radius 2 is 2.29 bits per heavy atom. The van der Waals surface area contributed by atoms with Crippen LogP contribution in [0.3, 0.4) is 0 Å². The fraction of sp³-hybridized carbons (Fsp3) is 0.615. The van der Waals surface area contributed by atoms with Gasteiger partial charge in [-0.3, -0.25) is 4.79 Å². The predicted molar refractivity (Wildman–Crippen MR) is 67.8 cm³/mol. The molecule has 96 valence electrons. The van der Waals surface area contributed by atoms with Crippen molar-refractivity contribution in [2.24, 2.45) is 0 Å². The summed E-state index contributed by atoms with van der Waals surface area (Å²) in [5.41, 5.74) is 1.22. The molecule has 0 fully saturated rings. The maximum Gasteiger partial charge on any atom is 0.325 e. The third kappa shape index (κ3) is 4.23. The van der Waals surface area contributed by atoms with Gasteiger partial charge in [-0.05, 0) is 32.0 Å². The third-order valence-electron chi connectivity index (χ3n) is 2.72. The first kappa shape index (κ1) is 13.8. The quantitative estimate of drug-likeness (QED) is 0.740. The number of nitrogens with zero attached hydrogens (tertiary/aromatic N) is 1. The zero-order valence-electron chi connectivity index (χ0n) is 10.9. The fourth-order valence-electron chi connectivity index (χ4n) is 1.89. The average molecular weight is 238 g/mol. The van der Waals surface area contributed by atoms with Gasteiger partial charge in [-0.1, -0.05) is 13.3 Å². The van der Waals surface area contributed by atoms with Crippen molar-refractivity contribution in [3.8, 4) is 0 Å². The summed E-state index contributed by atoms with van der Waals surface area (Å²) in [5.74, 6) is -0.189. The molecule has 0 bridgehead atoms. The molecule has 0 saturated heterocycles. The molecule has 1 atom stereocenters. The highest BCUT2D eigenvalue weighted by Gasteiger charge is 2.10. The lowest BCUT2D eigenvalue weighted by Crippen LogP contribution is -2.16. The maximum atomic E-state index is 11.3. The molecule has 4 nitrogen and oxygen atoms in total. The summed E-state index contributed by atoms with van der Waals surface area (Å²) < 4.78 is 6.78. The van der Waals surface area contributed by atoms with Crippen LogP contribution in [0.4, 0.5) is 0 Å². The van der Waals surface area contributed by atoms with E-state index in [2.05, 4.69) is 18.3 Å². The van der Waals surface area contributed by atoms with Crippen molar-refractivity contribution >= 4 is 5.97 Å². The maximum absolute atomic E-state index is 11.3. The average Bonchev–Trinajstić information content (AvgIpc) is 2.74. The van der Waals surface area contributed by atoms with E-state index in [-0.39, 0.29) is 12.5 Å². The number of carbonyl (C=O) groups is 1. The van der Waals surface area contributed by atoms with Crippen LogP contribution in [0.1, 0.15) is 38.3 Å². The molecule has 1 unspecified atom stereocenters. The monoisotopic (exact) mass is 238 g/mol. The fourth-order valence-corrected chi connectivity index (χ4v) is 1.89.